The first-order valence-corrected chi connectivity index (χ1v) is 4.10. The van der Waals surface area contributed by atoms with Gasteiger partial charge in [0.2, 0.25) is 0 Å². The van der Waals surface area contributed by atoms with Crippen LogP contribution in [0.2, 0.25) is 0 Å². The van der Waals surface area contributed by atoms with Crippen molar-refractivity contribution < 1.29 is 38.5 Å². The van der Waals surface area contributed by atoms with Crippen LogP contribution in [0.4, 0.5) is 0 Å². The van der Waals surface area contributed by atoms with Crippen LogP contribution in [0.1, 0.15) is 0 Å². The molecule has 9 heavy (non-hydrogen) atoms. The van der Waals surface area contributed by atoms with Crippen molar-refractivity contribution >= 4 is 48.8 Å². The summed E-state index contributed by atoms with van der Waals surface area (Å²) in [6, 6.07) is 0. The molecule has 5 nitrogen and oxygen atoms in total. The van der Waals surface area contributed by atoms with Crippen LogP contribution in [-0.2, 0) is 36.0 Å². The molecule has 0 spiro atoms. The average Bonchev–Trinajstić information content (AvgIpc) is 1.31. The normalized spacial score (nSPS) is 12.7. The molecule has 0 rings (SSSR count). The summed E-state index contributed by atoms with van der Waals surface area (Å²) in [6.07, 6.45) is 0. The third-order valence-electron chi connectivity index (χ3n) is 0.180. The molecule has 1 atom stereocenters. The Balaban J connectivity index is -0.000000180. The molecule has 0 aromatic carbocycles. The molecule has 0 fully saturated rings. The Kier molecular flexibility index (Phi) is 11.7. The predicted molar refractivity (Wildman–Crippen MR) is 29.5 cm³/mol. The van der Waals surface area contributed by atoms with Gasteiger partial charge in [0, 0.05) is 16.8 Å². The fourth-order valence-corrected chi connectivity index (χ4v) is 0. The second-order valence-corrected chi connectivity index (χ2v) is 4.05. The molecule has 0 saturated carbocycles. The first-order valence-electron chi connectivity index (χ1n) is 1.03. The predicted octanol–water partition coefficient (Wildman–Crippen LogP) is -1.64. The first-order chi connectivity index (χ1) is 2.94. The van der Waals surface area contributed by atoms with E-state index in [0.717, 1.165) is 0 Å². The van der Waals surface area contributed by atoms with Gasteiger partial charge >= 0.3 is 48.8 Å². The molecule has 9 heteroatoms. The Morgan fingerprint density at radius 3 is 1.44 bits per heavy atom. The quantitative estimate of drug-likeness (QED) is 0.243. The van der Waals surface area contributed by atoms with Gasteiger partial charge in [-0.2, -0.15) is 8.42 Å². The summed E-state index contributed by atoms with van der Waals surface area (Å²) in [5, 5.41) is 0. The van der Waals surface area contributed by atoms with E-state index in [9.17, 15) is 12.6 Å². The van der Waals surface area contributed by atoms with Gasteiger partial charge in [0.05, 0.1) is 0 Å². The minimum absolute atomic E-state index is 0. The van der Waals surface area contributed by atoms with E-state index >= 15 is 0 Å². The Labute approximate surface area is 86.5 Å². The molecule has 0 aromatic rings. The van der Waals surface area contributed by atoms with E-state index in [0.29, 0.717) is 0 Å². The van der Waals surface area contributed by atoms with Crippen molar-refractivity contribution in [3.05, 3.63) is 0 Å². The molecule has 2 N–H and O–H groups in total. The monoisotopic (exact) mass is 229 g/mol. The van der Waals surface area contributed by atoms with E-state index in [1.54, 1.807) is 0 Å². The molecular weight excluding hydrogens is 226 g/mol. The van der Waals surface area contributed by atoms with E-state index in [2.05, 4.69) is 0 Å². The van der Waals surface area contributed by atoms with Crippen molar-refractivity contribution in [2.75, 3.05) is 0 Å². The molecule has 1 radical (unpaired) electrons. The Bertz CT molecular complexity index is 169. The number of hydrogen-bond donors (Lipinski definition) is 2. The first kappa shape index (κ1) is 16.9. The van der Waals surface area contributed by atoms with Gasteiger partial charge in [0.25, 0.3) is 0 Å². The Morgan fingerprint density at radius 2 is 1.44 bits per heavy atom. The summed E-state index contributed by atoms with van der Waals surface area (Å²) >= 11 is 0. The van der Waals surface area contributed by atoms with Crippen molar-refractivity contribution in [1.29, 1.82) is 0 Å². The van der Waals surface area contributed by atoms with E-state index in [1.807, 2.05) is 0 Å². The summed E-state index contributed by atoms with van der Waals surface area (Å²) < 4.78 is 43.0. The zero-order valence-corrected chi connectivity index (χ0v) is 5.94. The zero-order valence-electron chi connectivity index (χ0n) is 3.27. The summed E-state index contributed by atoms with van der Waals surface area (Å²) in [5.74, 6) is 0. The van der Waals surface area contributed by atoms with Crippen LogP contribution in [0.25, 0.3) is 0 Å². The SMILES string of the molecule is O=S(O)S(=O)(=O)O.[Co].[NaH]. The molecule has 1 unspecified atom stereocenters. The van der Waals surface area contributed by atoms with Gasteiger partial charge in [0.15, 0.2) is 0 Å². The average molecular weight is 229 g/mol. The van der Waals surface area contributed by atoms with E-state index in [4.69, 9.17) is 9.11 Å². The molecule has 0 amide bonds. The molecule has 0 aliphatic heterocycles. The minimum atomic E-state index is -4.71. The summed E-state index contributed by atoms with van der Waals surface area (Å²) in [4.78, 5) is 0. The molecule has 0 bridgehead atoms. The standard InChI is InChI=1S/Co.Na.H2O5S2.H/c;;1-6(2)7(3,4)5;/h;;(H,1,2)(H,3,4,5);. The molecule has 0 aliphatic carbocycles. The molecular formula is H3CoNaO5S2. The van der Waals surface area contributed by atoms with Gasteiger partial charge in [-0.1, -0.05) is 0 Å². The van der Waals surface area contributed by atoms with Crippen LogP contribution in [0, 0.1) is 0 Å². The van der Waals surface area contributed by atoms with Crippen LogP contribution < -0.4 is 0 Å². The Hall–Kier alpha value is 1.53. The van der Waals surface area contributed by atoms with Crippen molar-refractivity contribution in [2.24, 2.45) is 0 Å². The molecule has 0 aromatic heterocycles. The molecule has 0 heterocycles. The van der Waals surface area contributed by atoms with Gasteiger partial charge < -0.3 is 0 Å². The van der Waals surface area contributed by atoms with Crippen LogP contribution >= 0.6 is 0 Å². The van der Waals surface area contributed by atoms with E-state index < -0.39 is 19.3 Å². The topological polar surface area (TPSA) is 91.7 Å². The van der Waals surface area contributed by atoms with Gasteiger partial charge in [-0.15, -0.1) is 0 Å². The third kappa shape index (κ3) is 9.53. The van der Waals surface area contributed by atoms with E-state index in [-0.39, 0.29) is 46.3 Å². The second kappa shape index (κ2) is 6.25. The van der Waals surface area contributed by atoms with Crippen LogP contribution in [0.5, 0.6) is 0 Å². The van der Waals surface area contributed by atoms with Gasteiger partial charge in [0.1, 0.15) is 0 Å². The summed E-state index contributed by atoms with van der Waals surface area (Å²) in [6.45, 7) is 0. The fraction of sp³-hybridized carbons (Fsp3) is 0. The van der Waals surface area contributed by atoms with Crippen LogP contribution in [0.15, 0.2) is 0 Å². The molecule has 55 valence electrons. The molecule has 0 saturated heterocycles. The molecule has 0 aliphatic rings. The van der Waals surface area contributed by atoms with Crippen molar-refractivity contribution in [3.8, 4) is 0 Å². The number of rotatable bonds is 1. The van der Waals surface area contributed by atoms with Gasteiger partial charge in [-0.25, -0.2) is 4.21 Å². The summed E-state index contributed by atoms with van der Waals surface area (Å²) in [5.41, 5.74) is 0. The van der Waals surface area contributed by atoms with Crippen molar-refractivity contribution in [2.45, 2.75) is 0 Å². The number of hydrogen-bond acceptors (Lipinski definition) is 3. The van der Waals surface area contributed by atoms with Crippen molar-refractivity contribution in [1.82, 2.24) is 0 Å². The van der Waals surface area contributed by atoms with Crippen LogP contribution in [0.3, 0.4) is 0 Å². The van der Waals surface area contributed by atoms with Gasteiger partial charge in [-0.05, 0) is 0 Å². The maximum absolute atomic E-state index is 9.34. The third-order valence-corrected chi connectivity index (χ3v) is 1.62. The zero-order chi connectivity index (χ0) is 6.08. The Morgan fingerprint density at radius 1 is 1.33 bits per heavy atom. The van der Waals surface area contributed by atoms with Crippen LogP contribution in [-0.4, -0.2) is 51.3 Å². The van der Waals surface area contributed by atoms with Crippen molar-refractivity contribution in [3.63, 3.8) is 0 Å². The van der Waals surface area contributed by atoms with E-state index in [1.165, 1.54) is 0 Å². The second-order valence-electron chi connectivity index (χ2n) is 0.645. The van der Waals surface area contributed by atoms with Gasteiger partial charge in [-0.3, -0.25) is 9.11 Å². The summed E-state index contributed by atoms with van der Waals surface area (Å²) in [7, 11) is -7.87. The maximum atomic E-state index is 9.34. The fourth-order valence-electron chi connectivity index (χ4n) is 0.